The molecule has 2 N–H and O–H groups in total. The van der Waals surface area contributed by atoms with Gasteiger partial charge in [-0.2, -0.15) is 13.2 Å². The Morgan fingerprint density at radius 3 is 2.11 bits per heavy atom. The molecule has 0 bridgehead atoms. The molecule has 0 saturated carbocycles. The van der Waals surface area contributed by atoms with Crippen LogP contribution in [0.2, 0.25) is 0 Å². The Labute approximate surface area is 107 Å². The van der Waals surface area contributed by atoms with E-state index in [0.29, 0.717) is 0 Å². The standard InChI is InChI=1S/C13H12F3NS/c1-8(17)11-6-7-12(18-11)9-2-4-10(5-3-9)13(14,15)16/h2-8H,17H2,1H3. The SMILES string of the molecule is CC(N)c1ccc(-c2ccc(C(F)(F)F)cc2)s1. The molecular formula is C13H12F3NS. The van der Waals surface area contributed by atoms with E-state index >= 15 is 0 Å². The second-order valence-electron chi connectivity index (χ2n) is 4.07. The molecule has 5 heteroatoms. The molecule has 18 heavy (non-hydrogen) atoms. The van der Waals surface area contributed by atoms with E-state index in [0.717, 1.165) is 27.5 Å². The van der Waals surface area contributed by atoms with Gasteiger partial charge in [0, 0.05) is 15.8 Å². The molecule has 2 rings (SSSR count). The maximum Gasteiger partial charge on any atom is 0.416 e. The third-order valence-electron chi connectivity index (χ3n) is 2.57. The molecule has 0 aliphatic carbocycles. The molecule has 0 amide bonds. The number of hydrogen-bond acceptors (Lipinski definition) is 2. The highest BCUT2D eigenvalue weighted by molar-refractivity contribution is 7.15. The zero-order valence-electron chi connectivity index (χ0n) is 9.66. The van der Waals surface area contributed by atoms with Crippen LogP contribution >= 0.6 is 11.3 Å². The van der Waals surface area contributed by atoms with Crippen molar-refractivity contribution in [2.75, 3.05) is 0 Å². The number of nitrogens with two attached hydrogens (primary N) is 1. The van der Waals surface area contributed by atoms with Crippen molar-refractivity contribution in [1.82, 2.24) is 0 Å². The summed E-state index contributed by atoms with van der Waals surface area (Å²) >= 11 is 1.50. The molecule has 0 aliphatic heterocycles. The van der Waals surface area contributed by atoms with Gasteiger partial charge in [0.15, 0.2) is 0 Å². The Hall–Kier alpha value is -1.33. The van der Waals surface area contributed by atoms with E-state index in [1.54, 1.807) is 0 Å². The van der Waals surface area contributed by atoms with E-state index < -0.39 is 11.7 Å². The van der Waals surface area contributed by atoms with Crippen LogP contribution in [0.15, 0.2) is 36.4 Å². The Bertz CT molecular complexity index is 526. The molecule has 1 heterocycles. The largest absolute Gasteiger partial charge is 0.416 e. The summed E-state index contributed by atoms with van der Waals surface area (Å²) in [5.41, 5.74) is 5.90. The average Bonchev–Trinajstić information content (AvgIpc) is 2.77. The van der Waals surface area contributed by atoms with Crippen LogP contribution in [-0.2, 0) is 6.18 Å². The predicted octanol–water partition coefficient (Wildman–Crippen LogP) is 4.45. The average molecular weight is 271 g/mol. The topological polar surface area (TPSA) is 26.0 Å². The Morgan fingerprint density at radius 2 is 1.67 bits per heavy atom. The van der Waals surface area contributed by atoms with Crippen molar-refractivity contribution >= 4 is 11.3 Å². The summed E-state index contributed by atoms with van der Waals surface area (Å²) in [5, 5.41) is 0. The summed E-state index contributed by atoms with van der Waals surface area (Å²) in [4.78, 5) is 1.95. The second-order valence-corrected chi connectivity index (χ2v) is 5.18. The van der Waals surface area contributed by atoms with Crippen molar-refractivity contribution in [3.63, 3.8) is 0 Å². The highest BCUT2D eigenvalue weighted by Gasteiger charge is 2.29. The van der Waals surface area contributed by atoms with Gasteiger partial charge in [-0.3, -0.25) is 0 Å². The number of thiophene rings is 1. The molecule has 0 spiro atoms. The van der Waals surface area contributed by atoms with E-state index in [9.17, 15) is 13.2 Å². The first kappa shape index (κ1) is 13.1. The predicted molar refractivity (Wildman–Crippen MR) is 67.4 cm³/mol. The summed E-state index contributed by atoms with van der Waals surface area (Å²) in [5.74, 6) is 0. The number of halogens is 3. The van der Waals surface area contributed by atoms with Crippen molar-refractivity contribution in [1.29, 1.82) is 0 Å². The number of alkyl halides is 3. The Kier molecular flexibility index (Phi) is 3.45. The third-order valence-corrected chi connectivity index (χ3v) is 3.91. The molecular weight excluding hydrogens is 259 g/mol. The fraction of sp³-hybridized carbons (Fsp3) is 0.231. The van der Waals surface area contributed by atoms with Crippen LogP contribution in [0, 0.1) is 0 Å². The molecule has 0 radical (unpaired) electrons. The molecule has 1 nitrogen and oxygen atoms in total. The zero-order chi connectivity index (χ0) is 13.3. The number of rotatable bonds is 2. The first-order valence-corrected chi connectivity index (χ1v) is 6.22. The molecule has 0 aliphatic rings. The van der Waals surface area contributed by atoms with Gasteiger partial charge in [0.2, 0.25) is 0 Å². The molecule has 1 atom stereocenters. The summed E-state index contributed by atoms with van der Waals surface area (Å²) in [7, 11) is 0. The van der Waals surface area contributed by atoms with Crippen molar-refractivity contribution < 1.29 is 13.2 Å². The lowest BCUT2D eigenvalue weighted by molar-refractivity contribution is -0.137. The van der Waals surface area contributed by atoms with E-state index in [-0.39, 0.29) is 6.04 Å². The van der Waals surface area contributed by atoms with Crippen LogP contribution in [0.5, 0.6) is 0 Å². The summed E-state index contributed by atoms with van der Waals surface area (Å²) in [6.45, 7) is 1.88. The van der Waals surface area contributed by atoms with E-state index in [2.05, 4.69) is 0 Å². The molecule has 1 unspecified atom stereocenters. The van der Waals surface area contributed by atoms with Crippen molar-refractivity contribution in [3.8, 4) is 10.4 Å². The quantitative estimate of drug-likeness (QED) is 0.857. The van der Waals surface area contributed by atoms with Gasteiger partial charge in [0.25, 0.3) is 0 Å². The van der Waals surface area contributed by atoms with Gasteiger partial charge in [-0.15, -0.1) is 11.3 Å². The normalized spacial score (nSPS) is 13.6. The van der Waals surface area contributed by atoms with Crippen LogP contribution in [0.4, 0.5) is 13.2 Å². The third kappa shape index (κ3) is 2.73. The fourth-order valence-electron chi connectivity index (χ4n) is 1.58. The minimum atomic E-state index is -4.29. The zero-order valence-corrected chi connectivity index (χ0v) is 10.5. The van der Waals surface area contributed by atoms with Gasteiger partial charge in [0.05, 0.1) is 5.56 Å². The minimum absolute atomic E-state index is 0.0572. The summed E-state index contributed by atoms with van der Waals surface area (Å²) in [6, 6.07) is 8.90. The van der Waals surface area contributed by atoms with Crippen molar-refractivity contribution in [3.05, 3.63) is 46.8 Å². The molecule has 96 valence electrons. The van der Waals surface area contributed by atoms with Crippen LogP contribution in [0.1, 0.15) is 23.4 Å². The van der Waals surface area contributed by atoms with Crippen LogP contribution in [0.3, 0.4) is 0 Å². The Morgan fingerprint density at radius 1 is 1.06 bits per heavy atom. The van der Waals surface area contributed by atoms with Crippen molar-refractivity contribution in [2.24, 2.45) is 5.73 Å². The van der Waals surface area contributed by atoms with Crippen molar-refractivity contribution in [2.45, 2.75) is 19.1 Å². The Balaban J connectivity index is 2.29. The molecule has 2 aromatic rings. The van der Waals surface area contributed by atoms with E-state index in [1.807, 2.05) is 19.1 Å². The maximum absolute atomic E-state index is 12.4. The van der Waals surface area contributed by atoms with E-state index in [4.69, 9.17) is 5.73 Å². The molecule has 1 aromatic carbocycles. The van der Waals surface area contributed by atoms with Gasteiger partial charge >= 0.3 is 6.18 Å². The van der Waals surface area contributed by atoms with Gasteiger partial charge in [-0.25, -0.2) is 0 Å². The van der Waals surface area contributed by atoms with Gasteiger partial charge < -0.3 is 5.73 Å². The van der Waals surface area contributed by atoms with Gasteiger partial charge in [-0.05, 0) is 36.8 Å². The molecule has 0 saturated heterocycles. The van der Waals surface area contributed by atoms with Crippen LogP contribution < -0.4 is 5.73 Å². The number of hydrogen-bond donors (Lipinski definition) is 1. The number of benzene rings is 1. The van der Waals surface area contributed by atoms with Gasteiger partial charge in [0.1, 0.15) is 0 Å². The summed E-state index contributed by atoms with van der Waals surface area (Å²) < 4.78 is 37.3. The molecule has 0 fully saturated rings. The van der Waals surface area contributed by atoms with Crippen LogP contribution in [-0.4, -0.2) is 0 Å². The minimum Gasteiger partial charge on any atom is -0.324 e. The fourth-order valence-corrected chi connectivity index (χ4v) is 2.54. The first-order valence-electron chi connectivity index (χ1n) is 5.41. The first-order chi connectivity index (χ1) is 8.38. The lowest BCUT2D eigenvalue weighted by Gasteiger charge is -2.06. The maximum atomic E-state index is 12.4. The highest BCUT2D eigenvalue weighted by Crippen LogP contribution is 2.34. The highest BCUT2D eigenvalue weighted by atomic mass is 32.1. The second kappa shape index (κ2) is 4.74. The van der Waals surface area contributed by atoms with E-state index in [1.165, 1.54) is 23.5 Å². The lowest BCUT2D eigenvalue weighted by atomic mass is 10.1. The lowest BCUT2D eigenvalue weighted by Crippen LogP contribution is -2.03. The van der Waals surface area contributed by atoms with Gasteiger partial charge in [-0.1, -0.05) is 12.1 Å². The summed E-state index contributed by atoms with van der Waals surface area (Å²) in [6.07, 6.45) is -4.29. The molecule has 1 aromatic heterocycles. The smallest absolute Gasteiger partial charge is 0.324 e. The van der Waals surface area contributed by atoms with Crippen LogP contribution in [0.25, 0.3) is 10.4 Å². The monoisotopic (exact) mass is 271 g/mol.